The molecule has 0 saturated carbocycles. The molecule has 2 rings (SSSR count). The number of anilines is 3. The van der Waals surface area contributed by atoms with Gasteiger partial charge in [-0.05, 0) is 34.1 Å². The van der Waals surface area contributed by atoms with E-state index in [0.717, 1.165) is 14.6 Å². The van der Waals surface area contributed by atoms with E-state index >= 15 is 0 Å². The number of nitrogen functional groups attached to an aromatic ring is 1. The summed E-state index contributed by atoms with van der Waals surface area (Å²) in [7, 11) is 0. The van der Waals surface area contributed by atoms with E-state index in [4.69, 9.17) is 5.73 Å². The van der Waals surface area contributed by atoms with Crippen LogP contribution in [0, 0.1) is 0 Å². The molecule has 0 saturated heterocycles. The number of hydrogen-bond donors (Lipinski definition) is 2. The van der Waals surface area contributed by atoms with E-state index in [0.29, 0.717) is 11.6 Å². The predicted molar refractivity (Wildman–Crippen MR) is 71.6 cm³/mol. The first-order valence-corrected chi connectivity index (χ1v) is 6.03. The fraction of sp³-hybridized carbons (Fsp3) is 0. The van der Waals surface area contributed by atoms with Crippen molar-refractivity contribution in [3.05, 3.63) is 39.5 Å². The van der Waals surface area contributed by atoms with Crippen LogP contribution < -0.4 is 11.1 Å². The summed E-state index contributed by atoms with van der Waals surface area (Å²) in [6.45, 7) is 0. The minimum Gasteiger partial charge on any atom is -0.396 e. The molecule has 16 heavy (non-hydrogen) atoms. The Balaban J connectivity index is 2.23. The lowest BCUT2D eigenvalue weighted by Gasteiger charge is -2.07. The van der Waals surface area contributed by atoms with E-state index in [1.54, 1.807) is 12.4 Å². The maximum absolute atomic E-state index is 5.50. The number of halogens is 2. The molecule has 0 bridgehead atoms. The second-order valence-corrected chi connectivity index (χ2v) is 4.86. The molecule has 0 aliphatic carbocycles. The zero-order valence-corrected chi connectivity index (χ0v) is 11.3. The van der Waals surface area contributed by atoms with E-state index in [1.165, 1.54) is 0 Å². The highest BCUT2D eigenvalue weighted by Crippen LogP contribution is 2.27. The van der Waals surface area contributed by atoms with Gasteiger partial charge in [0.25, 0.3) is 0 Å². The first-order chi connectivity index (χ1) is 7.65. The van der Waals surface area contributed by atoms with Crippen LogP contribution in [-0.4, -0.2) is 9.97 Å². The normalized spacial score (nSPS) is 10.1. The van der Waals surface area contributed by atoms with Crippen molar-refractivity contribution < 1.29 is 0 Å². The number of benzene rings is 1. The largest absolute Gasteiger partial charge is 0.396 e. The van der Waals surface area contributed by atoms with Crippen LogP contribution in [0.1, 0.15) is 0 Å². The quantitative estimate of drug-likeness (QED) is 0.877. The molecule has 4 nitrogen and oxygen atoms in total. The number of rotatable bonds is 2. The van der Waals surface area contributed by atoms with Gasteiger partial charge in [-0.1, -0.05) is 15.9 Å². The monoisotopic (exact) mass is 342 g/mol. The summed E-state index contributed by atoms with van der Waals surface area (Å²) in [5.74, 6) is 0.511. The minimum atomic E-state index is 0.511. The Kier molecular flexibility index (Phi) is 3.40. The number of nitrogens with two attached hydrogens (primary N) is 1. The molecule has 0 aliphatic heterocycles. The van der Waals surface area contributed by atoms with Crippen molar-refractivity contribution in [1.29, 1.82) is 0 Å². The van der Waals surface area contributed by atoms with E-state index < -0.39 is 0 Å². The standard InChI is InChI=1S/C10H8Br2N4/c11-6-1-2-9(8(12)3-6)16-10-14-4-7(13)5-15-10/h1-5H,13H2,(H,14,15,16). The summed E-state index contributed by atoms with van der Waals surface area (Å²) in [6.07, 6.45) is 3.12. The number of aromatic nitrogens is 2. The van der Waals surface area contributed by atoms with Crippen LogP contribution in [0.3, 0.4) is 0 Å². The third-order valence-corrected chi connectivity index (χ3v) is 3.00. The first kappa shape index (κ1) is 11.3. The summed E-state index contributed by atoms with van der Waals surface area (Å²) >= 11 is 6.83. The molecule has 1 aromatic carbocycles. The molecule has 0 aliphatic rings. The summed E-state index contributed by atoms with van der Waals surface area (Å²) in [6, 6.07) is 5.80. The molecular weight excluding hydrogens is 336 g/mol. The molecule has 0 unspecified atom stereocenters. The van der Waals surface area contributed by atoms with E-state index in [9.17, 15) is 0 Å². The van der Waals surface area contributed by atoms with Crippen LogP contribution in [0.15, 0.2) is 39.5 Å². The zero-order valence-electron chi connectivity index (χ0n) is 8.11. The third kappa shape index (κ3) is 2.70. The summed E-state index contributed by atoms with van der Waals surface area (Å²) in [5, 5.41) is 3.08. The maximum atomic E-state index is 5.50. The van der Waals surface area contributed by atoms with Crippen molar-refractivity contribution in [2.45, 2.75) is 0 Å². The Morgan fingerprint density at radius 2 is 1.81 bits per heavy atom. The molecular formula is C10H8Br2N4. The van der Waals surface area contributed by atoms with Gasteiger partial charge in [-0.2, -0.15) is 0 Å². The van der Waals surface area contributed by atoms with Gasteiger partial charge in [0.1, 0.15) is 0 Å². The molecule has 2 aromatic rings. The average Bonchev–Trinajstić information content (AvgIpc) is 2.25. The van der Waals surface area contributed by atoms with Gasteiger partial charge in [-0.15, -0.1) is 0 Å². The Hall–Kier alpha value is -1.14. The molecule has 0 amide bonds. The lowest BCUT2D eigenvalue weighted by atomic mass is 10.3. The van der Waals surface area contributed by atoms with Gasteiger partial charge in [0.15, 0.2) is 0 Å². The second-order valence-electron chi connectivity index (χ2n) is 3.09. The van der Waals surface area contributed by atoms with Gasteiger partial charge in [-0.3, -0.25) is 0 Å². The maximum Gasteiger partial charge on any atom is 0.227 e. The van der Waals surface area contributed by atoms with Crippen LogP contribution in [0.25, 0.3) is 0 Å². The molecule has 1 heterocycles. The molecule has 6 heteroatoms. The first-order valence-electron chi connectivity index (χ1n) is 4.45. The van der Waals surface area contributed by atoms with Crippen LogP contribution in [0.5, 0.6) is 0 Å². The highest BCUT2D eigenvalue weighted by molar-refractivity contribution is 9.11. The lowest BCUT2D eigenvalue weighted by Crippen LogP contribution is -1.98. The van der Waals surface area contributed by atoms with Crippen LogP contribution in [-0.2, 0) is 0 Å². The highest BCUT2D eigenvalue weighted by atomic mass is 79.9. The number of hydrogen-bond acceptors (Lipinski definition) is 4. The van der Waals surface area contributed by atoms with Gasteiger partial charge < -0.3 is 11.1 Å². The van der Waals surface area contributed by atoms with Crippen LogP contribution in [0.4, 0.5) is 17.3 Å². The number of nitrogens with one attached hydrogen (secondary N) is 1. The topological polar surface area (TPSA) is 63.8 Å². The Morgan fingerprint density at radius 3 is 2.44 bits per heavy atom. The van der Waals surface area contributed by atoms with Gasteiger partial charge in [0, 0.05) is 8.95 Å². The van der Waals surface area contributed by atoms with Crippen LogP contribution >= 0.6 is 31.9 Å². The molecule has 0 spiro atoms. The predicted octanol–water partition coefficient (Wildman–Crippen LogP) is 3.33. The van der Waals surface area contributed by atoms with Gasteiger partial charge in [0.05, 0.1) is 23.8 Å². The van der Waals surface area contributed by atoms with Crippen molar-refractivity contribution in [3.8, 4) is 0 Å². The number of nitrogens with zero attached hydrogens (tertiary/aromatic N) is 2. The fourth-order valence-corrected chi connectivity index (χ4v) is 2.26. The minimum absolute atomic E-state index is 0.511. The van der Waals surface area contributed by atoms with Gasteiger partial charge >= 0.3 is 0 Å². The van der Waals surface area contributed by atoms with E-state index in [-0.39, 0.29) is 0 Å². The average molecular weight is 344 g/mol. The molecule has 0 radical (unpaired) electrons. The molecule has 82 valence electrons. The molecule has 1 aromatic heterocycles. The van der Waals surface area contributed by atoms with Crippen molar-refractivity contribution in [1.82, 2.24) is 9.97 Å². The van der Waals surface area contributed by atoms with E-state index in [2.05, 4.69) is 47.1 Å². The zero-order chi connectivity index (χ0) is 11.5. The Labute approximate surface area is 110 Å². The lowest BCUT2D eigenvalue weighted by molar-refractivity contribution is 1.17. The molecule has 3 N–H and O–H groups in total. The third-order valence-electron chi connectivity index (χ3n) is 1.85. The van der Waals surface area contributed by atoms with Crippen molar-refractivity contribution in [2.75, 3.05) is 11.1 Å². The van der Waals surface area contributed by atoms with Gasteiger partial charge in [-0.25, -0.2) is 9.97 Å². The smallest absolute Gasteiger partial charge is 0.227 e. The highest BCUT2D eigenvalue weighted by Gasteiger charge is 2.02. The Morgan fingerprint density at radius 1 is 1.12 bits per heavy atom. The summed E-state index contributed by atoms with van der Waals surface area (Å²) < 4.78 is 1.94. The van der Waals surface area contributed by atoms with Crippen LogP contribution in [0.2, 0.25) is 0 Å². The van der Waals surface area contributed by atoms with Crippen molar-refractivity contribution >= 4 is 49.2 Å². The van der Waals surface area contributed by atoms with Crippen molar-refractivity contribution in [2.24, 2.45) is 0 Å². The molecule has 0 atom stereocenters. The van der Waals surface area contributed by atoms with E-state index in [1.807, 2.05) is 18.2 Å². The fourth-order valence-electron chi connectivity index (χ4n) is 1.11. The van der Waals surface area contributed by atoms with Crippen molar-refractivity contribution in [3.63, 3.8) is 0 Å². The summed E-state index contributed by atoms with van der Waals surface area (Å²) in [4.78, 5) is 8.11. The van der Waals surface area contributed by atoms with Gasteiger partial charge in [0.2, 0.25) is 5.95 Å². The Bertz CT molecular complexity index is 499. The summed E-state index contributed by atoms with van der Waals surface area (Å²) in [5.41, 5.74) is 6.94. The second kappa shape index (κ2) is 4.80. The molecule has 0 fully saturated rings. The SMILES string of the molecule is Nc1cnc(Nc2ccc(Br)cc2Br)nc1.